The Labute approximate surface area is 156 Å². The molecule has 5 heteroatoms. The molecule has 2 aromatic rings. The molecule has 0 fully saturated rings. The molecule has 0 N–H and O–H groups in total. The van der Waals surface area contributed by atoms with Crippen molar-refractivity contribution in [2.75, 3.05) is 0 Å². The molecule has 0 aliphatic carbocycles. The summed E-state index contributed by atoms with van der Waals surface area (Å²) in [6.07, 6.45) is 1.69. The van der Waals surface area contributed by atoms with E-state index in [2.05, 4.69) is 0 Å². The minimum absolute atomic E-state index is 0. The van der Waals surface area contributed by atoms with Crippen molar-refractivity contribution in [3.05, 3.63) is 41.5 Å². The molecule has 0 unspecified atom stereocenters. The molecule has 0 heterocycles. The third-order valence-corrected chi connectivity index (χ3v) is 4.08. The third-order valence-electron chi connectivity index (χ3n) is 3.19. The van der Waals surface area contributed by atoms with E-state index in [-0.39, 0.29) is 56.3 Å². The van der Waals surface area contributed by atoms with Gasteiger partial charge in [-0.05, 0) is 40.8 Å². The van der Waals surface area contributed by atoms with Gasteiger partial charge in [-0.2, -0.15) is 0 Å². The molecule has 96 valence electrons. The van der Waals surface area contributed by atoms with E-state index in [1.165, 1.54) is 6.07 Å². The molecule has 3 nitrogen and oxygen atoms in total. The van der Waals surface area contributed by atoms with Crippen LogP contribution in [-0.2, 0) is 23.0 Å². The van der Waals surface area contributed by atoms with Crippen LogP contribution in [0.3, 0.4) is 0 Å². The summed E-state index contributed by atoms with van der Waals surface area (Å²) < 4.78 is 33.7. The SMILES string of the molecule is CCc1ccc2c(S(=O)(=O)[O-])ccc(CC)c2c1.[K+]. The molecule has 0 aliphatic rings. The van der Waals surface area contributed by atoms with Gasteiger partial charge in [-0.25, -0.2) is 8.42 Å². The standard InChI is InChI=1S/C14H16O3S.K/c1-3-10-5-7-12-13(9-10)11(4-2)6-8-14(12)18(15,16)17;/h5-9H,3-4H2,1-2H3,(H,15,16,17);/q;+1/p-1. The van der Waals surface area contributed by atoms with Gasteiger partial charge >= 0.3 is 51.4 Å². The minimum Gasteiger partial charge on any atom is -0.744 e. The van der Waals surface area contributed by atoms with Gasteiger partial charge in [0.25, 0.3) is 0 Å². The predicted molar refractivity (Wildman–Crippen MR) is 70.7 cm³/mol. The second-order valence-electron chi connectivity index (χ2n) is 4.26. The summed E-state index contributed by atoms with van der Waals surface area (Å²) in [4.78, 5) is -0.127. The zero-order valence-corrected chi connectivity index (χ0v) is 15.4. The fraction of sp³-hybridized carbons (Fsp3) is 0.286. The number of benzene rings is 2. The molecule has 0 amide bonds. The number of hydrogen-bond acceptors (Lipinski definition) is 3. The fourth-order valence-corrected chi connectivity index (χ4v) is 2.86. The molecule has 0 bridgehead atoms. The first-order chi connectivity index (χ1) is 8.47. The quantitative estimate of drug-likeness (QED) is 0.586. The Kier molecular flexibility index (Phi) is 6.19. The van der Waals surface area contributed by atoms with E-state index in [1.54, 1.807) is 12.1 Å². The first-order valence-electron chi connectivity index (χ1n) is 5.97. The normalized spacial score (nSPS) is 11.3. The van der Waals surface area contributed by atoms with Crippen LogP contribution in [-0.4, -0.2) is 13.0 Å². The molecule has 0 aromatic heterocycles. The van der Waals surface area contributed by atoms with E-state index in [0.717, 1.165) is 29.4 Å². The van der Waals surface area contributed by atoms with Crippen LogP contribution in [0.25, 0.3) is 10.8 Å². The van der Waals surface area contributed by atoms with Gasteiger partial charge in [0.1, 0.15) is 10.1 Å². The summed E-state index contributed by atoms with van der Waals surface area (Å²) >= 11 is 0. The van der Waals surface area contributed by atoms with Gasteiger partial charge in [-0.3, -0.25) is 0 Å². The van der Waals surface area contributed by atoms with Crippen molar-refractivity contribution in [3.63, 3.8) is 0 Å². The summed E-state index contributed by atoms with van der Waals surface area (Å²) in [7, 11) is -4.42. The smallest absolute Gasteiger partial charge is 0.744 e. The molecule has 2 aromatic carbocycles. The molecular weight excluding hydrogens is 287 g/mol. The Morgan fingerprint density at radius 2 is 1.68 bits per heavy atom. The summed E-state index contributed by atoms with van der Waals surface area (Å²) in [6.45, 7) is 4.06. The summed E-state index contributed by atoms with van der Waals surface area (Å²) in [5.41, 5.74) is 2.20. The van der Waals surface area contributed by atoms with Crippen molar-refractivity contribution in [1.82, 2.24) is 0 Å². The number of fused-ring (bicyclic) bond motifs is 1. The molecule has 19 heavy (non-hydrogen) atoms. The zero-order valence-electron chi connectivity index (χ0n) is 11.4. The van der Waals surface area contributed by atoms with Crippen molar-refractivity contribution in [1.29, 1.82) is 0 Å². The van der Waals surface area contributed by atoms with Gasteiger partial charge in [0.05, 0.1) is 4.90 Å². The Hall–Kier alpha value is 0.246. The number of hydrogen-bond donors (Lipinski definition) is 0. The molecule has 2 rings (SSSR count). The van der Waals surface area contributed by atoms with Crippen molar-refractivity contribution in [2.24, 2.45) is 0 Å². The largest absolute Gasteiger partial charge is 1.00 e. The Morgan fingerprint density at radius 3 is 2.21 bits per heavy atom. The molecule has 0 atom stereocenters. The summed E-state index contributed by atoms with van der Waals surface area (Å²) in [5, 5.41) is 1.40. The van der Waals surface area contributed by atoms with Crippen molar-refractivity contribution in [2.45, 2.75) is 31.6 Å². The van der Waals surface area contributed by atoms with E-state index >= 15 is 0 Å². The molecule has 0 radical (unpaired) electrons. The van der Waals surface area contributed by atoms with Crippen molar-refractivity contribution in [3.8, 4) is 0 Å². The first kappa shape index (κ1) is 17.3. The predicted octanol–water partition coefficient (Wildman–Crippen LogP) is -0.127. The maximum Gasteiger partial charge on any atom is 1.00 e. The second kappa shape index (κ2) is 6.80. The van der Waals surface area contributed by atoms with Gasteiger partial charge in [0.15, 0.2) is 0 Å². The van der Waals surface area contributed by atoms with Gasteiger partial charge in [-0.15, -0.1) is 0 Å². The maximum atomic E-state index is 11.2. The topological polar surface area (TPSA) is 57.2 Å². The van der Waals surface area contributed by atoms with E-state index in [4.69, 9.17) is 0 Å². The summed E-state index contributed by atoms with van der Waals surface area (Å²) in [6, 6.07) is 8.72. The molecule has 0 saturated carbocycles. The van der Waals surface area contributed by atoms with E-state index in [9.17, 15) is 13.0 Å². The van der Waals surface area contributed by atoms with Gasteiger partial charge in [0, 0.05) is 0 Å². The van der Waals surface area contributed by atoms with Crippen LogP contribution in [0.15, 0.2) is 35.2 Å². The van der Waals surface area contributed by atoms with Gasteiger partial charge < -0.3 is 4.55 Å². The summed E-state index contributed by atoms with van der Waals surface area (Å²) in [5.74, 6) is 0. The molecule has 0 saturated heterocycles. The molecule has 0 aliphatic heterocycles. The van der Waals surface area contributed by atoms with Crippen LogP contribution in [0.2, 0.25) is 0 Å². The van der Waals surface area contributed by atoms with E-state index in [1.807, 2.05) is 26.0 Å². The van der Waals surface area contributed by atoms with Crippen molar-refractivity contribution >= 4 is 20.9 Å². The Morgan fingerprint density at radius 1 is 1.00 bits per heavy atom. The minimum atomic E-state index is -4.42. The first-order valence-corrected chi connectivity index (χ1v) is 7.38. The van der Waals surface area contributed by atoms with Gasteiger partial charge in [0.2, 0.25) is 0 Å². The average Bonchev–Trinajstić information content (AvgIpc) is 2.35. The number of rotatable bonds is 3. The van der Waals surface area contributed by atoms with Crippen molar-refractivity contribution < 1.29 is 64.4 Å². The average molecular weight is 302 g/mol. The van der Waals surface area contributed by atoms with E-state index in [0.29, 0.717) is 5.39 Å². The van der Waals surface area contributed by atoms with Crippen LogP contribution in [0.5, 0.6) is 0 Å². The van der Waals surface area contributed by atoms with Crippen LogP contribution >= 0.6 is 0 Å². The zero-order chi connectivity index (χ0) is 13.3. The van der Waals surface area contributed by atoms with E-state index < -0.39 is 10.1 Å². The molecule has 0 spiro atoms. The Balaban J connectivity index is 0.00000180. The third kappa shape index (κ3) is 3.67. The van der Waals surface area contributed by atoms with Crippen LogP contribution in [0, 0.1) is 0 Å². The van der Waals surface area contributed by atoms with Crippen LogP contribution in [0.1, 0.15) is 25.0 Å². The molecular formula is C14H15KO3S. The fourth-order valence-electron chi connectivity index (χ4n) is 2.17. The maximum absolute atomic E-state index is 11.2. The van der Waals surface area contributed by atoms with Crippen LogP contribution < -0.4 is 51.4 Å². The second-order valence-corrected chi connectivity index (χ2v) is 5.61. The van der Waals surface area contributed by atoms with Gasteiger partial charge in [-0.1, -0.05) is 38.1 Å². The monoisotopic (exact) mass is 302 g/mol. The van der Waals surface area contributed by atoms with Crippen LogP contribution in [0.4, 0.5) is 0 Å². The Bertz CT molecular complexity index is 693. The number of aryl methyl sites for hydroxylation is 2.